The predicted molar refractivity (Wildman–Crippen MR) is 55.9 cm³/mol. The zero-order valence-corrected chi connectivity index (χ0v) is 8.49. The molecule has 0 aliphatic carbocycles. The number of rotatable bonds is 5. The van der Waals surface area contributed by atoms with Gasteiger partial charge in [0.25, 0.3) is 0 Å². The van der Waals surface area contributed by atoms with Gasteiger partial charge < -0.3 is 4.74 Å². The van der Waals surface area contributed by atoms with Crippen molar-refractivity contribution in [1.29, 1.82) is 0 Å². The highest BCUT2D eigenvalue weighted by Crippen LogP contribution is 2.05. The van der Waals surface area contributed by atoms with Crippen LogP contribution in [-0.4, -0.2) is 12.7 Å². The fourth-order valence-electron chi connectivity index (χ4n) is 1.32. The van der Waals surface area contributed by atoms with Gasteiger partial charge in [-0.3, -0.25) is 0 Å². The number of hydrogen-bond acceptors (Lipinski definition) is 1. The average molecular weight is 178 g/mol. The molecule has 0 bridgehead atoms. The van der Waals surface area contributed by atoms with E-state index < -0.39 is 0 Å². The number of hydrogen-bond donors (Lipinski definition) is 0. The molecule has 1 heteroatoms. The molecule has 0 heterocycles. The molecule has 0 aromatic heterocycles. The lowest BCUT2D eigenvalue weighted by molar-refractivity contribution is 0.0669. The van der Waals surface area contributed by atoms with E-state index in [2.05, 4.69) is 38.1 Å². The highest BCUT2D eigenvalue weighted by molar-refractivity contribution is 5.15. The van der Waals surface area contributed by atoms with Crippen molar-refractivity contribution < 1.29 is 4.74 Å². The molecule has 0 saturated carbocycles. The van der Waals surface area contributed by atoms with Gasteiger partial charge in [0.2, 0.25) is 0 Å². The molecule has 72 valence electrons. The molecular formula is C12H18O. The standard InChI is InChI=1S/C12H18O/c1-3-9-13-11(2)10-12-7-5-4-6-8-12/h4-8,11H,3,9-10H2,1-2H3/t11-/m0/s1. The molecule has 0 amide bonds. The minimum atomic E-state index is 0.336. The summed E-state index contributed by atoms with van der Waals surface area (Å²) in [6.07, 6.45) is 2.45. The second-order valence-corrected chi connectivity index (χ2v) is 3.37. The van der Waals surface area contributed by atoms with E-state index in [1.807, 2.05) is 6.07 Å². The Morgan fingerprint density at radius 3 is 2.54 bits per heavy atom. The van der Waals surface area contributed by atoms with Crippen LogP contribution in [0.3, 0.4) is 0 Å². The van der Waals surface area contributed by atoms with E-state index in [-0.39, 0.29) is 0 Å². The Morgan fingerprint density at radius 2 is 1.92 bits per heavy atom. The summed E-state index contributed by atoms with van der Waals surface area (Å²) >= 11 is 0. The van der Waals surface area contributed by atoms with Crippen molar-refractivity contribution in [2.24, 2.45) is 0 Å². The molecule has 1 rings (SSSR count). The van der Waals surface area contributed by atoms with Gasteiger partial charge in [0.05, 0.1) is 6.10 Å². The largest absolute Gasteiger partial charge is 0.378 e. The summed E-state index contributed by atoms with van der Waals surface area (Å²) in [7, 11) is 0. The van der Waals surface area contributed by atoms with Crippen LogP contribution in [-0.2, 0) is 11.2 Å². The van der Waals surface area contributed by atoms with Crippen molar-refractivity contribution in [2.75, 3.05) is 6.61 Å². The van der Waals surface area contributed by atoms with Crippen LogP contribution in [0.25, 0.3) is 0 Å². The monoisotopic (exact) mass is 178 g/mol. The van der Waals surface area contributed by atoms with Crippen molar-refractivity contribution in [3.8, 4) is 0 Å². The molecule has 13 heavy (non-hydrogen) atoms. The summed E-state index contributed by atoms with van der Waals surface area (Å²) < 4.78 is 5.60. The van der Waals surface area contributed by atoms with Crippen LogP contribution in [0.15, 0.2) is 30.3 Å². The van der Waals surface area contributed by atoms with Crippen molar-refractivity contribution in [3.05, 3.63) is 35.9 Å². The van der Waals surface area contributed by atoms with Gasteiger partial charge in [-0.05, 0) is 25.3 Å². The average Bonchev–Trinajstić information content (AvgIpc) is 2.16. The molecule has 1 aromatic rings. The van der Waals surface area contributed by atoms with Gasteiger partial charge in [-0.25, -0.2) is 0 Å². The maximum Gasteiger partial charge on any atom is 0.0587 e. The third-order valence-corrected chi connectivity index (χ3v) is 1.97. The topological polar surface area (TPSA) is 9.23 Å². The highest BCUT2D eigenvalue weighted by Gasteiger charge is 2.01. The SMILES string of the molecule is CCCO[C@@H](C)Cc1ccccc1. The van der Waals surface area contributed by atoms with Crippen molar-refractivity contribution >= 4 is 0 Å². The lowest BCUT2D eigenvalue weighted by Crippen LogP contribution is -2.11. The van der Waals surface area contributed by atoms with Gasteiger partial charge in [0, 0.05) is 6.61 Å². The molecule has 0 spiro atoms. The quantitative estimate of drug-likeness (QED) is 0.673. The zero-order chi connectivity index (χ0) is 9.52. The molecule has 0 radical (unpaired) electrons. The smallest absolute Gasteiger partial charge is 0.0587 e. The highest BCUT2D eigenvalue weighted by atomic mass is 16.5. The summed E-state index contributed by atoms with van der Waals surface area (Å²) in [5.74, 6) is 0. The van der Waals surface area contributed by atoms with Crippen LogP contribution in [0.2, 0.25) is 0 Å². The third-order valence-electron chi connectivity index (χ3n) is 1.97. The van der Waals surface area contributed by atoms with Gasteiger partial charge in [-0.2, -0.15) is 0 Å². The zero-order valence-electron chi connectivity index (χ0n) is 8.49. The van der Waals surface area contributed by atoms with Gasteiger partial charge >= 0.3 is 0 Å². The Morgan fingerprint density at radius 1 is 1.23 bits per heavy atom. The lowest BCUT2D eigenvalue weighted by Gasteiger charge is -2.11. The van der Waals surface area contributed by atoms with Crippen molar-refractivity contribution in [1.82, 2.24) is 0 Å². The van der Waals surface area contributed by atoms with Gasteiger partial charge in [0.1, 0.15) is 0 Å². The van der Waals surface area contributed by atoms with Gasteiger partial charge in [-0.15, -0.1) is 0 Å². The summed E-state index contributed by atoms with van der Waals surface area (Å²) in [6, 6.07) is 10.5. The first-order valence-electron chi connectivity index (χ1n) is 4.98. The summed E-state index contributed by atoms with van der Waals surface area (Å²) in [6.45, 7) is 5.13. The van der Waals surface area contributed by atoms with Crippen LogP contribution in [0.5, 0.6) is 0 Å². The number of benzene rings is 1. The second kappa shape index (κ2) is 5.76. The van der Waals surface area contributed by atoms with Crippen LogP contribution >= 0.6 is 0 Å². The van der Waals surface area contributed by atoms with E-state index in [0.717, 1.165) is 19.4 Å². The van der Waals surface area contributed by atoms with Crippen molar-refractivity contribution in [2.45, 2.75) is 32.8 Å². The summed E-state index contributed by atoms with van der Waals surface area (Å²) in [4.78, 5) is 0. The maximum absolute atomic E-state index is 5.60. The summed E-state index contributed by atoms with van der Waals surface area (Å²) in [5.41, 5.74) is 1.35. The lowest BCUT2D eigenvalue weighted by atomic mass is 10.1. The first-order valence-corrected chi connectivity index (χ1v) is 4.98. The van der Waals surface area contributed by atoms with Crippen molar-refractivity contribution in [3.63, 3.8) is 0 Å². The Hall–Kier alpha value is -0.820. The first kappa shape index (κ1) is 10.3. The van der Waals surface area contributed by atoms with E-state index >= 15 is 0 Å². The second-order valence-electron chi connectivity index (χ2n) is 3.37. The predicted octanol–water partition coefficient (Wildman–Crippen LogP) is 3.04. The Bertz CT molecular complexity index is 218. The fourth-order valence-corrected chi connectivity index (χ4v) is 1.32. The molecule has 1 nitrogen and oxygen atoms in total. The molecule has 0 fully saturated rings. The molecule has 1 aromatic carbocycles. The molecule has 0 unspecified atom stereocenters. The van der Waals surface area contributed by atoms with E-state index in [4.69, 9.17) is 4.74 Å². The Labute approximate surface area is 80.7 Å². The minimum absolute atomic E-state index is 0.336. The Kier molecular flexibility index (Phi) is 4.55. The summed E-state index contributed by atoms with van der Waals surface area (Å²) in [5, 5.41) is 0. The molecule has 0 aliphatic heterocycles. The van der Waals surface area contributed by atoms with E-state index in [1.165, 1.54) is 5.56 Å². The van der Waals surface area contributed by atoms with Crippen LogP contribution in [0.1, 0.15) is 25.8 Å². The third kappa shape index (κ3) is 4.09. The molecule has 0 aliphatic rings. The normalized spacial score (nSPS) is 12.8. The first-order chi connectivity index (χ1) is 6.33. The minimum Gasteiger partial charge on any atom is -0.378 e. The molecular weight excluding hydrogens is 160 g/mol. The number of ether oxygens (including phenoxy) is 1. The fraction of sp³-hybridized carbons (Fsp3) is 0.500. The van der Waals surface area contributed by atoms with Gasteiger partial charge in [0.15, 0.2) is 0 Å². The van der Waals surface area contributed by atoms with Crippen LogP contribution in [0, 0.1) is 0 Å². The Balaban J connectivity index is 2.32. The van der Waals surface area contributed by atoms with Crippen LogP contribution < -0.4 is 0 Å². The van der Waals surface area contributed by atoms with E-state index in [9.17, 15) is 0 Å². The van der Waals surface area contributed by atoms with E-state index in [0.29, 0.717) is 6.10 Å². The molecule has 0 N–H and O–H groups in total. The molecule has 1 atom stereocenters. The van der Waals surface area contributed by atoms with Crippen LogP contribution in [0.4, 0.5) is 0 Å². The molecule has 0 saturated heterocycles. The van der Waals surface area contributed by atoms with Gasteiger partial charge in [-0.1, -0.05) is 37.3 Å². The maximum atomic E-state index is 5.60. The van der Waals surface area contributed by atoms with E-state index in [1.54, 1.807) is 0 Å².